The molecule has 3 fully saturated rings. The number of thioether (sulfide) groups is 1. The molecule has 1 amide bonds. The van der Waals surface area contributed by atoms with Crippen molar-refractivity contribution >= 4 is 101 Å². The summed E-state index contributed by atoms with van der Waals surface area (Å²) in [5.74, 6) is -6.98. The van der Waals surface area contributed by atoms with Gasteiger partial charge < -0.3 is 52.5 Å². The van der Waals surface area contributed by atoms with E-state index in [0.717, 1.165) is 0 Å². The molecule has 25 heteroatoms. The van der Waals surface area contributed by atoms with Crippen LogP contribution in [0.15, 0.2) is 96.0 Å². The Morgan fingerprint density at radius 1 is 0.743 bits per heavy atom. The fraction of sp³-hybridized carbons (Fsp3) is 0.490. The number of Topliss-reactive ketones (excluding diaryl/α,β-unsaturated/α-hetero) is 1. The van der Waals surface area contributed by atoms with Gasteiger partial charge in [-0.2, -0.15) is 13.2 Å². The number of carboxylic acids is 1. The van der Waals surface area contributed by atoms with Crippen LogP contribution in [0.25, 0.3) is 0 Å². The topological polar surface area (TPSA) is 221 Å². The molecule has 6 rings (SSSR count). The average Bonchev–Trinajstić information content (AvgIpc) is 3.32. The molecule has 2 N–H and O–H groups in total. The van der Waals surface area contributed by atoms with Crippen LogP contribution in [0.3, 0.4) is 0 Å². The summed E-state index contributed by atoms with van der Waals surface area (Å²) in [6, 6.07) is 19.3. The molecule has 3 aromatic rings. The predicted molar refractivity (Wildman–Crippen MR) is 266 cm³/mol. The molecular formula is C49H54Cl3F3N2O15SSi. The summed E-state index contributed by atoms with van der Waals surface area (Å²) in [6.45, 7) is 12.3. The van der Waals surface area contributed by atoms with Gasteiger partial charge in [0.15, 0.2) is 41.2 Å². The van der Waals surface area contributed by atoms with Crippen LogP contribution >= 0.6 is 46.6 Å². The maximum Gasteiger partial charge on any atom is 0.439 e. The number of nitrogens with zero attached hydrogens (tertiary/aromatic N) is 1. The maximum absolute atomic E-state index is 15.1. The molecular weight excluding hydrogens is 1080 g/mol. The number of alkyl halides is 6. The van der Waals surface area contributed by atoms with Gasteiger partial charge >= 0.3 is 38.6 Å². The molecule has 3 aliphatic rings. The highest BCUT2D eigenvalue weighted by atomic mass is 35.6. The number of para-hydroxylation sites is 1. The van der Waals surface area contributed by atoms with Gasteiger partial charge in [0.1, 0.15) is 30.1 Å². The number of hydrogen-bond acceptors (Lipinski definition) is 16. The van der Waals surface area contributed by atoms with Gasteiger partial charge in [-0.1, -0.05) is 143 Å². The van der Waals surface area contributed by atoms with Crippen molar-refractivity contribution in [1.29, 1.82) is 0 Å². The van der Waals surface area contributed by atoms with Crippen molar-refractivity contribution in [2.24, 2.45) is 4.99 Å². The SMILES string of the molecule is CC(=O)CCC(=O)O[C@@H]1[C@@H](NC(=O)C(Cl)(Cl)Cl)[C@H](O[C@H]2[C@H](OC(=O)c3ccccc3)[C@@H](OC(=O)c3ccccc3)[C@H](SC(=Nc3ccccc3)C(F)(F)F)O[C@@H]2C(=O)O)O[C@@H]2CO[Si](C(C)(C)C)(C(C)(C)C)O[C@@H]12. The number of hydrogen-bond donors (Lipinski definition) is 2. The van der Waals surface area contributed by atoms with E-state index in [9.17, 15) is 33.9 Å². The van der Waals surface area contributed by atoms with Crippen molar-refractivity contribution in [3.63, 3.8) is 0 Å². The van der Waals surface area contributed by atoms with E-state index < -0.39 is 130 Å². The minimum Gasteiger partial charge on any atom is -0.479 e. The van der Waals surface area contributed by atoms with E-state index in [4.69, 9.17) is 72.1 Å². The highest BCUT2D eigenvalue weighted by Gasteiger charge is 2.66. The Morgan fingerprint density at radius 3 is 1.76 bits per heavy atom. The third-order valence-corrected chi connectivity index (χ3v) is 18.7. The number of nitrogens with one attached hydrogen (secondary N) is 1. The Labute approximate surface area is 444 Å². The van der Waals surface area contributed by atoms with Crippen molar-refractivity contribution in [2.45, 2.75) is 142 Å². The highest BCUT2D eigenvalue weighted by Crippen LogP contribution is 2.55. The Hall–Kier alpha value is -4.62. The van der Waals surface area contributed by atoms with Crippen molar-refractivity contribution in [2.75, 3.05) is 6.61 Å². The number of carbonyl (C=O) groups is 6. The summed E-state index contributed by atoms with van der Waals surface area (Å²) in [6.07, 6.45) is -21.5. The molecule has 0 saturated carbocycles. The number of aliphatic carboxylic acids is 1. The third kappa shape index (κ3) is 14.0. The van der Waals surface area contributed by atoms with Gasteiger partial charge in [-0.3, -0.25) is 9.59 Å². The van der Waals surface area contributed by atoms with Crippen LogP contribution in [0.4, 0.5) is 18.9 Å². The first-order chi connectivity index (χ1) is 34.5. The van der Waals surface area contributed by atoms with E-state index in [1.807, 2.05) is 41.5 Å². The van der Waals surface area contributed by atoms with E-state index >= 15 is 13.2 Å². The standard InChI is InChI=1S/C49H54Cl3F3N2O15SSi/c1-26(58)23-24-31(59)67-34-32(57-44(64)48(50,51)52)42(66-30-25-65-74(46(2,3)4,47(5,6)7)72-33(30)34)70-35-36(68-40(62)27-17-11-8-12-18-27)38(69-41(63)28-19-13-9-14-20-28)43(71-37(35)39(60)61)73-45(49(53,54)55)56-29-21-15-10-16-22-29/h8-22,30,32-38,42-43H,23-25H2,1-7H3,(H,57,64)(H,60,61)/t30-,32-,33-,34-,35+,36+,37+,38-,42+,43+/m1/s1. The molecule has 402 valence electrons. The normalized spacial score (nSPS) is 26.4. The number of carbonyl (C=O) groups excluding carboxylic acids is 5. The molecule has 3 saturated heterocycles. The number of carboxylic acid groups (broad SMARTS) is 1. The van der Waals surface area contributed by atoms with Crippen molar-refractivity contribution < 1.29 is 84.3 Å². The first kappa shape index (κ1) is 58.6. The van der Waals surface area contributed by atoms with Gasteiger partial charge in [0.05, 0.1) is 29.8 Å². The Bertz CT molecular complexity index is 2520. The smallest absolute Gasteiger partial charge is 0.439 e. The zero-order chi connectivity index (χ0) is 54.6. The monoisotopic (exact) mass is 1130 g/mol. The number of esters is 3. The highest BCUT2D eigenvalue weighted by molar-refractivity contribution is 8.14. The van der Waals surface area contributed by atoms with Gasteiger partial charge in [-0.15, -0.1) is 0 Å². The first-order valence-electron chi connectivity index (χ1n) is 23.0. The summed E-state index contributed by atoms with van der Waals surface area (Å²) >= 11 is 18.1. The van der Waals surface area contributed by atoms with Crippen molar-refractivity contribution in [3.8, 4) is 0 Å². The second-order valence-electron chi connectivity index (χ2n) is 19.4. The molecule has 3 aromatic carbocycles. The average molecular weight is 1130 g/mol. The lowest BCUT2D eigenvalue weighted by Gasteiger charge is -2.58. The van der Waals surface area contributed by atoms with Crippen molar-refractivity contribution in [3.05, 3.63) is 102 Å². The molecule has 0 aromatic heterocycles. The number of aliphatic imine (C=N–C) groups is 1. The molecule has 3 aliphatic heterocycles. The van der Waals surface area contributed by atoms with Crippen LogP contribution in [-0.4, -0.2) is 131 Å². The number of ketones is 1. The number of benzene rings is 3. The molecule has 3 heterocycles. The van der Waals surface area contributed by atoms with E-state index in [1.54, 1.807) is 12.1 Å². The van der Waals surface area contributed by atoms with Crippen LogP contribution in [0.5, 0.6) is 0 Å². The predicted octanol–water partition coefficient (Wildman–Crippen LogP) is 8.98. The number of ether oxygens (including phenoxy) is 6. The Morgan fingerprint density at radius 2 is 1.27 bits per heavy atom. The van der Waals surface area contributed by atoms with Crippen LogP contribution in [0.1, 0.15) is 82.0 Å². The number of rotatable bonds is 14. The van der Waals surface area contributed by atoms with Crippen LogP contribution < -0.4 is 5.32 Å². The lowest BCUT2D eigenvalue weighted by atomic mass is 9.95. The quantitative estimate of drug-likeness (QED) is 0.0384. The lowest BCUT2D eigenvalue weighted by Crippen LogP contribution is -2.75. The Balaban J connectivity index is 1.54. The van der Waals surface area contributed by atoms with Crippen LogP contribution in [0.2, 0.25) is 10.1 Å². The summed E-state index contributed by atoms with van der Waals surface area (Å²) in [5, 5.41) is 10.5. The Kier molecular flexibility index (Phi) is 18.8. The van der Waals surface area contributed by atoms with E-state index in [-0.39, 0.29) is 47.4 Å². The molecule has 0 spiro atoms. The fourth-order valence-electron chi connectivity index (χ4n) is 8.73. The zero-order valence-corrected chi connectivity index (χ0v) is 44.9. The molecule has 74 heavy (non-hydrogen) atoms. The zero-order valence-electron chi connectivity index (χ0n) is 40.8. The molecule has 0 bridgehead atoms. The maximum atomic E-state index is 15.1. The van der Waals surface area contributed by atoms with Gasteiger partial charge in [0, 0.05) is 16.5 Å². The molecule has 17 nitrogen and oxygen atoms in total. The number of fused-ring (bicyclic) bond motifs is 1. The first-order valence-corrected chi connectivity index (χ1v) is 26.8. The summed E-state index contributed by atoms with van der Waals surface area (Å²) in [4.78, 5) is 85.3. The fourth-order valence-corrected chi connectivity index (χ4v) is 14.9. The van der Waals surface area contributed by atoms with Crippen molar-refractivity contribution in [1.82, 2.24) is 5.32 Å². The summed E-state index contributed by atoms with van der Waals surface area (Å²) in [7, 11) is -3.55. The summed E-state index contributed by atoms with van der Waals surface area (Å²) < 4.78 is 93.1. The molecule has 0 unspecified atom stereocenters. The molecule has 0 radical (unpaired) electrons. The van der Waals surface area contributed by atoms with Crippen LogP contribution in [-0.2, 0) is 56.5 Å². The number of amides is 1. The molecule has 0 aliphatic carbocycles. The van der Waals surface area contributed by atoms with E-state index in [2.05, 4.69) is 10.3 Å². The minimum absolute atomic E-state index is 0.135. The number of halogens is 6. The second-order valence-corrected chi connectivity index (χ2v) is 27.5. The van der Waals surface area contributed by atoms with Gasteiger partial charge in [0.25, 0.3) is 9.70 Å². The summed E-state index contributed by atoms with van der Waals surface area (Å²) in [5.41, 5.74) is -2.64. The second kappa shape index (κ2) is 23.7. The van der Waals surface area contributed by atoms with E-state index in [1.165, 1.54) is 85.8 Å². The van der Waals surface area contributed by atoms with Gasteiger partial charge in [-0.05, 0) is 43.3 Å². The minimum atomic E-state index is -5.23. The molecule has 10 atom stereocenters. The largest absolute Gasteiger partial charge is 0.479 e. The third-order valence-electron chi connectivity index (χ3n) is 11.9. The van der Waals surface area contributed by atoms with Crippen LogP contribution in [0, 0.1) is 0 Å². The van der Waals surface area contributed by atoms with Gasteiger partial charge in [0.2, 0.25) is 0 Å². The van der Waals surface area contributed by atoms with Gasteiger partial charge in [-0.25, -0.2) is 19.4 Å². The lowest BCUT2D eigenvalue weighted by molar-refractivity contribution is -0.319. The van der Waals surface area contributed by atoms with E-state index in [0.29, 0.717) is 0 Å².